The SMILES string of the molecule is CC(C)CC(N)C(=O)N1CCCc2cc(C(=O)O)ccc21. The van der Waals surface area contributed by atoms with Crippen molar-refractivity contribution in [2.45, 2.75) is 39.2 Å². The highest BCUT2D eigenvalue weighted by molar-refractivity contribution is 5.99. The molecule has 0 radical (unpaired) electrons. The normalized spacial score (nSPS) is 15.7. The average molecular weight is 290 g/mol. The summed E-state index contributed by atoms with van der Waals surface area (Å²) in [5.41, 5.74) is 7.97. The van der Waals surface area contributed by atoms with E-state index in [1.54, 1.807) is 23.1 Å². The minimum atomic E-state index is -0.947. The number of carboxylic acid groups (broad SMARTS) is 1. The summed E-state index contributed by atoms with van der Waals surface area (Å²) >= 11 is 0. The van der Waals surface area contributed by atoms with Crippen molar-refractivity contribution in [2.75, 3.05) is 11.4 Å². The fourth-order valence-electron chi connectivity index (χ4n) is 2.77. The van der Waals surface area contributed by atoms with Crippen molar-refractivity contribution in [2.24, 2.45) is 11.7 Å². The standard InChI is InChI=1S/C16H22N2O3/c1-10(2)8-13(17)15(19)18-7-3-4-11-9-12(16(20)21)5-6-14(11)18/h5-6,9-10,13H,3-4,7-8,17H2,1-2H3,(H,20,21). The lowest BCUT2D eigenvalue weighted by Gasteiger charge is -2.32. The molecule has 5 nitrogen and oxygen atoms in total. The number of aromatic carboxylic acids is 1. The van der Waals surface area contributed by atoms with Gasteiger partial charge in [0.15, 0.2) is 0 Å². The lowest BCUT2D eigenvalue weighted by molar-refractivity contribution is -0.120. The third kappa shape index (κ3) is 3.42. The Balaban J connectivity index is 2.25. The number of anilines is 1. The molecule has 3 N–H and O–H groups in total. The van der Waals surface area contributed by atoms with Gasteiger partial charge >= 0.3 is 5.97 Å². The van der Waals surface area contributed by atoms with E-state index in [1.165, 1.54) is 0 Å². The first-order valence-corrected chi connectivity index (χ1v) is 7.33. The number of aryl methyl sites for hydroxylation is 1. The van der Waals surface area contributed by atoms with E-state index in [0.29, 0.717) is 18.9 Å². The zero-order valence-corrected chi connectivity index (χ0v) is 12.5. The molecule has 1 aromatic carbocycles. The van der Waals surface area contributed by atoms with Crippen molar-refractivity contribution < 1.29 is 14.7 Å². The maximum Gasteiger partial charge on any atom is 0.335 e. The van der Waals surface area contributed by atoms with Crippen molar-refractivity contribution in [1.82, 2.24) is 0 Å². The molecule has 114 valence electrons. The van der Waals surface area contributed by atoms with Gasteiger partial charge in [0.25, 0.3) is 0 Å². The van der Waals surface area contributed by atoms with Crippen LogP contribution in [-0.2, 0) is 11.2 Å². The van der Waals surface area contributed by atoms with Crippen LogP contribution in [-0.4, -0.2) is 29.6 Å². The van der Waals surface area contributed by atoms with Gasteiger partial charge in [0.2, 0.25) is 5.91 Å². The summed E-state index contributed by atoms with van der Waals surface area (Å²) in [6.07, 6.45) is 2.27. The number of rotatable bonds is 4. The highest BCUT2D eigenvalue weighted by atomic mass is 16.4. The van der Waals surface area contributed by atoms with Crippen LogP contribution in [0.5, 0.6) is 0 Å². The van der Waals surface area contributed by atoms with E-state index in [0.717, 1.165) is 24.1 Å². The Labute approximate surface area is 124 Å². The van der Waals surface area contributed by atoms with E-state index in [1.807, 2.05) is 13.8 Å². The molecule has 5 heteroatoms. The molecule has 1 atom stereocenters. The molecule has 1 aliphatic rings. The van der Waals surface area contributed by atoms with Crippen LogP contribution >= 0.6 is 0 Å². The minimum Gasteiger partial charge on any atom is -0.478 e. The van der Waals surface area contributed by atoms with Gasteiger partial charge in [-0.15, -0.1) is 0 Å². The van der Waals surface area contributed by atoms with Gasteiger partial charge in [-0.3, -0.25) is 4.79 Å². The average Bonchev–Trinajstić information content (AvgIpc) is 2.44. The molecule has 1 unspecified atom stereocenters. The largest absolute Gasteiger partial charge is 0.478 e. The van der Waals surface area contributed by atoms with Gasteiger partial charge in [0.1, 0.15) is 0 Å². The Kier molecular flexibility index (Phi) is 4.63. The van der Waals surface area contributed by atoms with E-state index in [9.17, 15) is 9.59 Å². The molecular formula is C16H22N2O3. The van der Waals surface area contributed by atoms with E-state index in [2.05, 4.69) is 0 Å². The zero-order valence-electron chi connectivity index (χ0n) is 12.5. The van der Waals surface area contributed by atoms with Gasteiger partial charge in [-0.1, -0.05) is 13.8 Å². The molecule has 1 aromatic rings. The van der Waals surface area contributed by atoms with Gasteiger partial charge < -0.3 is 15.7 Å². The number of hydrogen-bond acceptors (Lipinski definition) is 3. The summed E-state index contributed by atoms with van der Waals surface area (Å²) in [5.74, 6) is -0.659. The Morgan fingerprint density at radius 1 is 1.38 bits per heavy atom. The van der Waals surface area contributed by atoms with E-state index in [4.69, 9.17) is 10.8 Å². The lowest BCUT2D eigenvalue weighted by atomic mass is 9.97. The van der Waals surface area contributed by atoms with Gasteiger partial charge in [-0.25, -0.2) is 4.79 Å². The quantitative estimate of drug-likeness (QED) is 0.888. The van der Waals surface area contributed by atoms with Crippen LogP contribution in [0.1, 0.15) is 42.6 Å². The van der Waals surface area contributed by atoms with Crippen LogP contribution in [0.15, 0.2) is 18.2 Å². The molecule has 1 amide bonds. The summed E-state index contributed by atoms with van der Waals surface area (Å²) < 4.78 is 0. The van der Waals surface area contributed by atoms with Crippen LogP contribution < -0.4 is 10.6 Å². The van der Waals surface area contributed by atoms with Gasteiger partial charge in [0, 0.05) is 12.2 Å². The highest BCUT2D eigenvalue weighted by Crippen LogP contribution is 2.29. The van der Waals surface area contributed by atoms with Crippen molar-refractivity contribution in [3.8, 4) is 0 Å². The first-order valence-electron chi connectivity index (χ1n) is 7.33. The van der Waals surface area contributed by atoms with Crippen LogP contribution in [0.3, 0.4) is 0 Å². The molecule has 0 bridgehead atoms. The Hall–Kier alpha value is -1.88. The molecule has 0 saturated carbocycles. The molecule has 1 aliphatic heterocycles. The second-order valence-electron chi connectivity index (χ2n) is 5.98. The van der Waals surface area contributed by atoms with Crippen LogP contribution in [0, 0.1) is 5.92 Å². The fourth-order valence-corrected chi connectivity index (χ4v) is 2.77. The molecular weight excluding hydrogens is 268 g/mol. The van der Waals surface area contributed by atoms with Gasteiger partial charge in [-0.05, 0) is 48.9 Å². The third-order valence-corrected chi connectivity index (χ3v) is 3.75. The van der Waals surface area contributed by atoms with Gasteiger partial charge in [0.05, 0.1) is 11.6 Å². The summed E-state index contributed by atoms with van der Waals surface area (Å²) in [6.45, 7) is 4.72. The molecule has 0 aromatic heterocycles. The molecule has 0 fully saturated rings. The second-order valence-corrected chi connectivity index (χ2v) is 5.98. The molecule has 0 aliphatic carbocycles. The zero-order chi connectivity index (χ0) is 15.6. The molecule has 0 spiro atoms. The first-order chi connectivity index (χ1) is 9.90. The third-order valence-electron chi connectivity index (χ3n) is 3.75. The smallest absolute Gasteiger partial charge is 0.335 e. The van der Waals surface area contributed by atoms with E-state index in [-0.39, 0.29) is 11.5 Å². The maximum atomic E-state index is 12.5. The number of carbonyl (C=O) groups excluding carboxylic acids is 1. The monoisotopic (exact) mass is 290 g/mol. The van der Waals surface area contributed by atoms with Crippen LogP contribution in [0.25, 0.3) is 0 Å². The fraction of sp³-hybridized carbons (Fsp3) is 0.500. The summed E-state index contributed by atoms with van der Waals surface area (Å²) in [6, 6.07) is 4.42. The molecule has 1 heterocycles. The number of carboxylic acids is 1. The lowest BCUT2D eigenvalue weighted by Crippen LogP contribution is -2.46. The van der Waals surface area contributed by atoms with Crippen molar-refractivity contribution in [1.29, 1.82) is 0 Å². The predicted octanol–water partition coefficient (Wildman–Crippen LogP) is 2.04. The van der Waals surface area contributed by atoms with Crippen LogP contribution in [0.4, 0.5) is 5.69 Å². The summed E-state index contributed by atoms with van der Waals surface area (Å²) in [5, 5.41) is 9.05. The Morgan fingerprint density at radius 3 is 2.71 bits per heavy atom. The topological polar surface area (TPSA) is 83.6 Å². The number of nitrogens with two attached hydrogens (primary N) is 1. The van der Waals surface area contributed by atoms with Crippen molar-refractivity contribution in [3.63, 3.8) is 0 Å². The number of hydrogen-bond donors (Lipinski definition) is 2. The summed E-state index contributed by atoms with van der Waals surface area (Å²) in [4.78, 5) is 25.2. The second kappa shape index (κ2) is 6.26. The van der Waals surface area contributed by atoms with E-state index >= 15 is 0 Å². The molecule has 2 rings (SSSR count). The van der Waals surface area contributed by atoms with Crippen molar-refractivity contribution in [3.05, 3.63) is 29.3 Å². The number of amides is 1. The number of nitrogens with zero attached hydrogens (tertiary/aromatic N) is 1. The molecule has 21 heavy (non-hydrogen) atoms. The van der Waals surface area contributed by atoms with Crippen molar-refractivity contribution >= 4 is 17.6 Å². The minimum absolute atomic E-state index is 0.0762. The van der Waals surface area contributed by atoms with E-state index < -0.39 is 12.0 Å². The Morgan fingerprint density at radius 2 is 2.10 bits per heavy atom. The van der Waals surface area contributed by atoms with Crippen LogP contribution in [0.2, 0.25) is 0 Å². The summed E-state index contributed by atoms with van der Waals surface area (Å²) in [7, 11) is 0. The number of fused-ring (bicyclic) bond motifs is 1. The first kappa shape index (κ1) is 15.5. The number of carbonyl (C=O) groups is 2. The highest BCUT2D eigenvalue weighted by Gasteiger charge is 2.27. The maximum absolute atomic E-state index is 12.5. The Bertz CT molecular complexity index is 554. The molecule has 0 saturated heterocycles. The predicted molar refractivity (Wildman–Crippen MR) is 81.5 cm³/mol. The number of benzene rings is 1. The van der Waals surface area contributed by atoms with Gasteiger partial charge in [-0.2, -0.15) is 0 Å².